The van der Waals surface area contributed by atoms with Crippen LogP contribution in [0.5, 0.6) is 0 Å². The fourth-order valence-electron chi connectivity index (χ4n) is 0.379. The number of nitrogens with one attached hydrogen (secondary N) is 2. The van der Waals surface area contributed by atoms with E-state index in [9.17, 15) is 0 Å². The first-order chi connectivity index (χ1) is 4.91. The summed E-state index contributed by atoms with van der Waals surface area (Å²) in [5.74, 6) is 0. The highest BCUT2D eigenvalue weighted by atomic mass is 15.5. The van der Waals surface area contributed by atoms with E-state index in [1.807, 2.05) is 0 Å². The first-order valence-electron chi connectivity index (χ1n) is 3.29. The van der Waals surface area contributed by atoms with E-state index < -0.39 is 0 Å². The fraction of sp³-hybridized carbons (Fsp3) is 0.800. The molecule has 0 aliphatic heterocycles. The third-order valence-corrected chi connectivity index (χ3v) is 0.770. The molecule has 0 fully saturated rings. The van der Waals surface area contributed by atoms with Crippen LogP contribution in [0, 0.1) is 0 Å². The minimum atomic E-state index is 1.09. The Morgan fingerprint density at radius 3 is 2.20 bits per heavy atom. The van der Waals surface area contributed by atoms with Gasteiger partial charge >= 0.3 is 0 Å². The van der Waals surface area contributed by atoms with E-state index in [-0.39, 0.29) is 0 Å². The molecule has 0 radical (unpaired) electrons. The van der Waals surface area contributed by atoms with E-state index in [0.717, 1.165) is 13.1 Å². The van der Waals surface area contributed by atoms with Crippen molar-refractivity contribution in [1.82, 2.24) is 25.9 Å². The molecule has 10 heavy (non-hydrogen) atoms. The van der Waals surface area contributed by atoms with E-state index in [4.69, 9.17) is 0 Å². The van der Waals surface area contributed by atoms with Gasteiger partial charge < -0.3 is 5.32 Å². The molecule has 0 aliphatic carbocycles. The lowest BCUT2D eigenvalue weighted by Crippen LogP contribution is -2.09. The van der Waals surface area contributed by atoms with E-state index in [0.29, 0.717) is 0 Å². The first kappa shape index (κ1) is 9.03. The Morgan fingerprint density at radius 1 is 1.40 bits per heavy atom. The van der Waals surface area contributed by atoms with Crippen LogP contribution < -0.4 is 5.32 Å². The van der Waals surface area contributed by atoms with E-state index in [1.54, 1.807) is 0 Å². The van der Waals surface area contributed by atoms with Crippen LogP contribution in [0.25, 0.3) is 0 Å². The Hall–Kier alpha value is -0.970. The second-order valence-electron chi connectivity index (χ2n) is 1.52. The largest absolute Gasteiger partial charge is 0.317 e. The Bertz CT molecular complexity index is 96.4. The molecule has 0 saturated carbocycles. The summed E-state index contributed by atoms with van der Waals surface area (Å²) in [5.41, 5.74) is 0. The van der Waals surface area contributed by atoms with Crippen molar-refractivity contribution in [1.29, 1.82) is 0 Å². The lowest BCUT2D eigenvalue weighted by Gasteiger charge is -1.86. The molecule has 58 valence electrons. The second-order valence-corrected chi connectivity index (χ2v) is 1.52. The zero-order valence-electron chi connectivity index (χ0n) is 6.33. The molecule has 5 nitrogen and oxygen atoms in total. The molecular formula is C5H13N5. The van der Waals surface area contributed by atoms with Crippen LogP contribution in [-0.4, -0.2) is 33.7 Å². The molecule has 1 aromatic heterocycles. The number of hydrogen-bond donors (Lipinski definition) is 2. The lowest BCUT2D eigenvalue weighted by atomic mass is 10.7. The molecule has 0 bridgehead atoms. The van der Waals surface area contributed by atoms with Crippen LogP contribution >= 0.6 is 0 Å². The van der Waals surface area contributed by atoms with Gasteiger partial charge in [0.15, 0.2) is 0 Å². The highest BCUT2D eigenvalue weighted by Crippen LogP contribution is 1.47. The summed E-state index contributed by atoms with van der Waals surface area (Å²) in [4.78, 5) is 0. The quantitative estimate of drug-likeness (QED) is 0.602. The van der Waals surface area contributed by atoms with Crippen LogP contribution in [0.1, 0.15) is 13.8 Å². The zero-order chi connectivity index (χ0) is 7.66. The standard InChI is InChI=1S/C4H11N.CH2N4/c1-3-5-4-2;1-2-4-5-3-1/h5H,3-4H2,1-2H3;1H,(H,2,3,4,5). The Balaban J connectivity index is 0.000000162. The maximum Gasteiger partial charge on any atom is 0.135 e. The summed E-state index contributed by atoms with van der Waals surface area (Å²) < 4.78 is 0. The number of hydrogen-bond acceptors (Lipinski definition) is 4. The number of aromatic nitrogens is 4. The van der Waals surface area contributed by atoms with Crippen molar-refractivity contribution in [3.05, 3.63) is 6.33 Å². The van der Waals surface area contributed by atoms with Crippen molar-refractivity contribution < 1.29 is 0 Å². The molecule has 1 rings (SSSR count). The molecule has 1 aromatic rings. The SMILES string of the molecule is CCNCC.c1nnn[nH]1. The number of aromatic amines is 1. The van der Waals surface area contributed by atoms with Gasteiger partial charge in [-0.05, 0) is 23.5 Å². The maximum absolute atomic E-state index is 3.31. The highest BCUT2D eigenvalue weighted by molar-refractivity contribution is 4.27. The smallest absolute Gasteiger partial charge is 0.135 e. The summed E-state index contributed by atoms with van der Waals surface area (Å²) >= 11 is 0. The average Bonchev–Trinajstić information content (AvgIpc) is 2.44. The summed E-state index contributed by atoms with van der Waals surface area (Å²) in [6.07, 6.45) is 1.40. The molecule has 0 aromatic carbocycles. The van der Waals surface area contributed by atoms with Gasteiger partial charge in [-0.3, -0.25) is 0 Å². The van der Waals surface area contributed by atoms with E-state index >= 15 is 0 Å². The Morgan fingerprint density at radius 2 is 2.10 bits per heavy atom. The summed E-state index contributed by atoms with van der Waals surface area (Å²) in [6, 6.07) is 0. The monoisotopic (exact) mass is 143 g/mol. The van der Waals surface area contributed by atoms with Crippen molar-refractivity contribution >= 4 is 0 Å². The molecule has 0 atom stereocenters. The zero-order valence-corrected chi connectivity index (χ0v) is 6.33. The maximum atomic E-state index is 3.31. The van der Waals surface area contributed by atoms with Gasteiger partial charge in [0.25, 0.3) is 0 Å². The number of tetrazole rings is 1. The van der Waals surface area contributed by atoms with Crippen LogP contribution in [0.15, 0.2) is 6.33 Å². The average molecular weight is 143 g/mol. The number of nitrogens with zero attached hydrogens (tertiary/aromatic N) is 3. The van der Waals surface area contributed by atoms with Gasteiger partial charge in [-0.2, -0.15) is 0 Å². The van der Waals surface area contributed by atoms with Crippen molar-refractivity contribution in [2.24, 2.45) is 0 Å². The third kappa shape index (κ3) is 7.03. The van der Waals surface area contributed by atoms with Gasteiger partial charge in [0.2, 0.25) is 0 Å². The molecule has 5 heteroatoms. The third-order valence-electron chi connectivity index (χ3n) is 0.770. The molecule has 1 heterocycles. The molecule has 0 spiro atoms. The van der Waals surface area contributed by atoms with E-state index in [1.165, 1.54) is 6.33 Å². The predicted octanol–water partition coefficient (Wildman–Crippen LogP) is -0.185. The molecule has 2 N–H and O–H groups in total. The van der Waals surface area contributed by atoms with Gasteiger partial charge in [0.1, 0.15) is 6.33 Å². The van der Waals surface area contributed by atoms with Crippen molar-refractivity contribution in [3.8, 4) is 0 Å². The summed E-state index contributed by atoms with van der Waals surface area (Å²) in [5, 5.41) is 15.2. The Labute approximate surface area is 60.2 Å². The topological polar surface area (TPSA) is 66.5 Å². The van der Waals surface area contributed by atoms with Crippen LogP contribution in [0.4, 0.5) is 0 Å². The van der Waals surface area contributed by atoms with Crippen LogP contribution in [-0.2, 0) is 0 Å². The van der Waals surface area contributed by atoms with E-state index in [2.05, 4.69) is 39.8 Å². The molecule has 0 aliphatic rings. The van der Waals surface area contributed by atoms with Crippen LogP contribution in [0.2, 0.25) is 0 Å². The molecular weight excluding hydrogens is 130 g/mol. The Kier molecular flexibility index (Phi) is 7.25. The van der Waals surface area contributed by atoms with Gasteiger partial charge in [0, 0.05) is 0 Å². The molecule has 0 unspecified atom stereocenters. The molecule has 0 saturated heterocycles. The predicted molar refractivity (Wildman–Crippen MR) is 38.4 cm³/mol. The highest BCUT2D eigenvalue weighted by Gasteiger charge is 1.62. The normalized spacial score (nSPS) is 8.20. The number of H-pyrrole nitrogens is 1. The number of rotatable bonds is 2. The van der Waals surface area contributed by atoms with Crippen LogP contribution in [0.3, 0.4) is 0 Å². The van der Waals surface area contributed by atoms with Crippen molar-refractivity contribution in [2.75, 3.05) is 13.1 Å². The van der Waals surface area contributed by atoms with Crippen molar-refractivity contribution in [3.63, 3.8) is 0 Å². The minimum absolute atomic E-state index is 1.09. The van der Waals surface area contributed by atoms with Gasteiger partial charge in [-0.15, -0.1) is 5.10 Å². The molecule has 0 amide bonds. The fourth-order valence-corrected chi connectivity index (χ4v) is 0.379. The first-order valence-corrected chi connectivity index (χ1v) is 3.29. The minimum Gasteiger partial charge on any atom is -0.317 e. The second kappa shape index (κ2) is 8.03. The van der Waals surface area contributed by atoms with Gasteiger partial charge in [-0.1, -0.05) is 13.8 Å². The van der Waals surface area contributed by atoms with Gasteiger partial charge in [0.05, 0.1) is 0 Å². The van der Waals surface area contributed by atoms with Crippen molar-refractivity contribution in [2.45, 2.75) is 13.8 Å². The summed E-state index contributed by atoms with van der Waals surface area (Å²) in [7, 11) is 0. The summed E-state index contributed by atoms with van der Waals surface area (Å²) in [6.45, 7) is 6.39. The van der Waals surface area contributed by atoms with Gasteiger partial charge in [-0.25, -0.2) is 5.10 Å². The lowest BCUT2D eigenvalue weighted by molar-refractivity contribution is 0.762.